The van der Waals surface area contributed by atoms with E-state index in [1.165, 1.54) is 6.33 Å². The lowest BCUT2D eigenvalue weighted by atomic mass is 10.2. The number of hydrogen-bond acceptors (Lipinski definition) is 3. The maximum Gasteiger partial charge on any atom is 0.116 e. The van der Waals surface area contributed by atoms with Gasteiger partial charge in [0, 0.05) is 17.3 Å². The Morgan fingerprint density at radius 3 is 3.00 bits per heavy atom. The van der Waals surface area contributed by atoms with Crippen LogP contribution in [0.4, 0.5) is 5.69 Å². The van der Waals surface area contributed by atoms with Gasteiger partial charge in [-0.3, -0.25) is 0 Å². The third kappa shape index (κ3) is 0.902. The van der Waals surface area contributed by atoms with Crippen LogP contribution in [0.3, 0.4) is 0 Å². The highest BCUT2D eigenvalue weighted by Gasteiger charge is 1.95. The van der Waals surface area contributed by atoms with E-state index in [1.807, 2.05) is 18.2 Å². The number of rotatable bonds is 0. The van der Waals surface area contributed by atoms with Crippen molar-refractivity contribution < 1.29 is 0 Å². The molecule has 2 aromatic rings. The van der Waals surface area contributed by atoms with Gasteiger partial charge in [0.2, 0.25) is 0 Å². The van der Waals surface area contributed by atoms with Crippen molar-refractivity contribution in [3.63, 3.8) is 0 Å². The van der Waals surface area contributed by atoms with Gasteiger partial charge in [-0.05, 0) is 12.1 Å². The minimum atomic E-state index is 0.725. The molecule has 0 aliphatic rings. The standard InChI is InChI=1S/C8H7N3/c9-7-2-1-3-8-6(7)4-10-5-11-8/h1-5H,9H2. The van der Waals surface area contributed by atoms with Gasteiger partial charge < -0.3 is 5.73 Å². The molecule has 0 unspecified atom stereocenters. The molecule has 1 aromatic heterocycles. The van der Waals surface area contributed by atoms with Gasteiger partial charge >= 0.3 is 0 Å². The largest absolute Gasteiger partial charge is 0.398 e. The second-order valence-corrected chi connectivity index (χ2v) is 2.30. The Bertz CT molecular complexity index is 378. The van der Waals surface area contributed by atoms with E-state index < -0.39 is 0 Å². The Labute approximate surface area is 63.9 Å². The van der Waals surface area contributed by atoms with Gasteiger partial charge in [0.05, 0.1) is 5.52 Å². The van der Waals surface area contributed by atoms with E-state index in [1.54, 1.807) is 6.20 Å². The van der Waals surface area contributed by atoms with Gasteiger partial charge in [-0.15, -0.1) is 0 Å². The first-order valence-electron chi connectivity index (χ1n) is 3.32. The van der Waals surface area contributed by atoms with Crippen molar-refractivity contribution in [2.24, 2.45) is 0 Å². The molecular formula is C8H7N3. The van der Waals surface area contributed by atoms with Crippen LogP contribution in [-0.4, -0.2) is 9.97 Å². The lowest BCUT2D eigenvalue weighted by Crippen LogP contribution is -1.88. The average Bonchev–Trinajstić information content (AvgIpc) is 2.06. The molecule has 0 bridgehead atoms. The summed E-state index contributed by atoms with van der Waals surface area (Å²) in [6.07, 6.45) is 3.24. The molecule has 1 aromatic carbocycles. The predicted octanol–water partition coefficient (Wildman–Crippen LogP) is 1.21. The Balaban J connectivity index is 2.91. The Morgan fingerprint density at radius 2 is 2.18 bits per heavy atom. The zero-order valence-corrected chi connectivity index (χ0v) is 5.86. The van der Waals surface area contributed by atoms with Crippen LogP contribution in [0.2, 0.25) is 0 Å². The third-order valence-electron chi connectivity index (χ3n) is 1.58. The molecule has 0 saturated carbocycles. The maximum atomic E-state index is 5.68. The number of hydrogen-bond donors (Lipinski definition) is 1. The van der Waals surface area contributed by atoms with Gasteiger partial charge in [-0.1, -0.05) is 6.07 Å². The van der Waals surface area contributed by atoms with Crippen LogP contribution >= 0.6 is 0 Å². The molecule has 11 heavy (non-hydrogen) atoms. The van der Waals surface area contributed by atoms with Crippen LogP contribution in [0.1, 0.15) is 0 Å². The molecule has 1 heterocycles. The van der Waals surface area contributed by atoms with Gasteiger partial charge in [0.15, 0.2) is 0 Å². The fourth-order valence-electron chi connectivity index (χ4n) is 1.03. The number of nitrogens with two attached hydrogens (primary N) is 1. The summed E-state index contributed by atoms with van der Waals surface area (Å²) >= 11 is 0. The van der Waals surface area contributed by atoms with E-state index in [-0.39, 0.29) is 0 Å². The normalized spacial score (nSPS) is 10.2. The number of fused-ring (bicyclic) bond motifs is 1. The molecule has 2 rings (SSSR count). The van der Waals surface area contributed by atoms with Crippen molar-refractivity contribution in [3.05, 3.63) is 30.7 Å². The molecule has 0 radical (unpaired) electrons. The quantitative estimate of drug-likeness (QED) is 0.567. The maximum absolute atomic E-state index is 5.68. The molecule has 3 nitrogen and oxygen atoms in total. The molecular weight excluding hydrogens is 138 g/mol. The average molecular weight is 145 g/mol. The predicted molar refractivity (Wildman–Crippen MR) is 44.0 cm³/mol. The number of nitrogen functional groups attached to an aromatic ring is 1. The number of aromatic nitrogens is 2. The zero-order chi connectivity index (χ0) is 7.68. The van der Waals surface area contributed by atoms with Crippen molar-refractivity contribution in [2.45, 2.75) is 0 Å². The fraction of sp³-hybridized carbons (Fsp3) is 0. The molecule has 3 heteroatoms. The van der Waals surface area contributed by atoms with E-state index in [4.69, 9.17) is 5.73 Å². The van der Waals surface area contributed by atoms with Crippen molar-refractivity contribution in [1.29, 1.82) is 0 Å². The van der Waals surface area contributed by atoms with Crippen LogP contribution in [-0.2, 0) is 0 Å². The van der Waals surface area contributed by atoms with Crippen molar-refractivity contribution in [2.75, 3.05) is 5.73 Å². The molecule has 0 fully saturated rings. The highest BCUT2D eigenvalue weighted by atomic mass is 14.8. The van der Waals surface area contributed by atoms with Gasteiger partial charge in [0.1, 0.15) is 6.33 Å². The van der Waals surface area contributed by atoms with E-state index in [9.17, 15) is 0 Å². The number of nitrogens with zero attached hydrogens (tertiary/aromatic N) is 2. The highest BCUT2D eigenvalue weighted by molar-refractivity contribution is 5.88. The lowest BCUT2D eigenvalue weighted by molar-refractivity contribution is 1.22. The van der Waals surface area contributed by atoms with E-state index in [2.05, 4.69) is 9.97 Å². The van der Waals surface area contributed by atoms with Gasteiger partial charge in [0.25, 0.3) is 0 Å². The minimum Gasteiger partial charge on any atom is -0.398 e. The molecule has 0 atom stereocenters. The SMILES string of the molecule is Nc1cccc2ncncc12. The van der Waals surface area contributed by atoms with Crippen molar-refractivity contribution in [3.8, 4) is 0 Å². The summed E-state index contributed by atoms with van der Waals surface area (Å²) in [5.74, 6) is 0. The molecule has 0 spiro atoms. The Morgan fingerprint density at radius 1 is 1.27 bits per heavy atom. The second-order valence-electron chi connectivity index (χ2n) is 2.30. The second kappa shape index (κ2) is 2.20. The molecule has 0 saturated heterocycles. The first-order chi connectivity index (χ1) is 5.38. The van der Waals surface area contributed by atoms with Crippen molar-refractivity contribution >= 4 is 16.6 Å². The molecule has 0 aliphatic carbocycles. The van der Waals surface area contributed by atoms with E-state index in [0.29, 0.717) is 0 Å². The summed E-state index contributed by atoms with van der Waals surface area (Å²) < 4.78 is 0. The summed E-state index contributed by atoms with van der Waals surface area (Å²) in [5, 5.41) is 0.912. The fourth-order valence-corrected chi connectivity index (χ4v) is 1.03. The highest BCUT2D eigenvalue weighted by Crippen LogP contribution is 2.15. The molecule has 0 amide bonds. The third-order valence-corrected chi connectivity index (χ3v) is 1.58. The van der Waals surface area contributed by atoms with Gasteiger partial charge in [-0.25, -0.2) is 9.97 Å². The molecule has 0 aliphatic heterocycles. The Kier molecular flexibility index (Phi) is 1.22. The minimum absolute atomic E-state index is 0.725. The molecule has 54 valence electrons. The van der Waals surface area contributed by atoms with Crippen LogP contribution in [0, 0.1) is 0 Å². The number of anilines is 1. The van der Waals surface area contributed by atoms with E-state index >= 15 is 0 Å². The van der Waals surface area contributed by atoms with Crippen LogP contribution in [0.25, 0.3) is 10.9 Å². The first kappa shape index (κ1) is 6.09. The monoisotopic (exact) mass is 145 g/mol. The summed E-state index contributed by atoms with van der Waals surface area (Å²) in [4.78, 5) is 7.93. The van der Waals surface area contributed by atoms with E-state index in [0.717, 1.165) is 16.6 Å². The molecule has 2 N–H and O–H groups in total. The Hall–Kier alpha value is -1.64. The van der Waals surface area contributed by atoms with Crippen LogP contribution in [0.5, 0.6) is 0 Å². The lowest BCUT2D eigenvalue weighted by Gasteiger charge is -1.97. The summed E-state index contributed by atoms with van der Waals surface area (Å²) in [7, 11) is 0. The van der Waals surface area contributed by atoms with Crippen LogP contribution < -0.4 is 5.73 Å². The number of benzene rings is 1. The van der Waals surface area contributed by atoms with Gasteiger partial charge in [-0.2, -0.15) is 0 Å². The topological polar surface area (TPSA) is 51.8 Å². The van der Waals surface area contributed by atoms with Crippen LogP contribution in [0.15, 0.2) is 30.7 Å². The first-order valence-corrected chi connectivity index (χ1v) is 3.32. The van der Waals surface area contributed by atoms with Crippen molar-refractivity contribution in [1.82, 2.24) is 9.97 Å². The summed E-state index contributed by atoms with van der Waals surface area (Å²) in [6, 6.07) is 5.63. The summed E-state index contributed by atoms with van der Waals surface area (Å²) in [5.41, 5.74) is 7.29. The zero-order valence-electron chi connectivity index (χ0n) is 5.86. The summed E-state index contributed by atoms with van der Waals surface area (Å²) in [6.45, 7) is 0. The smallest absolute Gasteiger partial charge is 0.116 e.